The number of amides is 1. The number of nitrogens with one attached hydrogen (secondary N) is 1. The van der Waals surface area contributed by atoms with E-state index in [1.807, 2.05) is 18.2 Å². The van der Waals surface area contributed by atoms with Crippen LogP contribution in [-0.2, 0) is 4.79 Å². The summed E-state index contributed by atoms with van der Waals surface area (Å²) >= 11 is 1.78. The van der Waals surface area contributed by atoms with Gasteiger partial charge in [0.05, 0.1) is 0 Å². The molecule has 0 radical (unpaired) electrons. The number of carbonyl (C=O) groups is 1. The lowest BCUT2D eigenvalue weighted by atomic mass is 10.0. The molecule has 0 saturated heterocycles. The van der Waals surface area contributed by atoms with Crippen molar-refractivity contribution in [1.82, 2.24) is 0 Å². The van der Waals surface area contributed by atoms with Crippen molar-refractivity contribution in [2.24, 2.45) is 0 Å². The summed E-state index contributed by atoms with van der Waals surface area (Å²) in [6.45, 7) is 4.28. The Kier molecular flexibility index (Phi) is 6.12. The molecule has 0 unspecified atom stereocenters. The molecule has 1 aromatic carbocycles. The van der Waals surface area contributed by atoms with E-state index in [0.717, 1.165) is 17.9 Å². The van der Waals surface area contributed by atoms with Crippen LogP contribution in [0.4, 0.5) is 5.69 Å². The summed E-state index contributed by atoms with van der Waals surface area (Å²) in [5.74, 6) is 1.59. The standard InChI is InChI=1S/C14H21NOS/c1-11(2)12-7-4-5-8-13(12)15-14(16)9-6-10-17-3/h4-5,7-8,11H,6,9-10H2,1-3H3,(H,15,16). The largest absolute Gasteiger partial charge is 0.326 e. The first-order valence-electron chi connectivity index (χ1n) is 6.03. The normalized spacial score (nSPS) is 10.6. The minimum absolute atomic E-state index is 0.118. The summed E-state index contributed by atoms with van der Waals surface area (Å²) in [6, 6.07) is 8.02. The molecule has 0 aliphatic heterocycles. The minimum Gasteiger partial charge on any atom is -0.326 e. The van der Waals surface area contributed by atoms with E-state index >= 15 is 0 Å². The van der Waals surface area contributed by atoms with Crippen molar-refractivity contribution in [1.29, 1.82) is 0 Å². The van der Waals surface area contributed by atoms with Gasteiger partial charge in [-0.3, -0.25) is 4.79 Å². The molecule has 1 aromatic rings. The van der Waals surface area contributed by atoms with Crippen molar-refractivity contribution in [3.8, 4) is 0 Å². The predicted octanol–water partition coefficient (Wildman–Crippen LogP) is 3.89. The molecule has 0 saturated carbocycles. The van der Waals surface area contributed by atoms with Gasteiger partial charge in [0.1, 0.15) is 0 Å². The van der Waals surface area contributed by atoms with Crippen LogP contribution in [0.3, 0.4) is 0 Å². The first-order valence-corrected chi connectivity index (χ1v) is 7.42. The summed E-state index contributed by atoms with van der Waals surface area (Å²) in [4.78, 5) is 11.7. The van der Waals surface area contributed by atoms with Crippen molar-refractivity contribution < 1.29 is 4.79 Å². The van der Waals surface area contributed by atoms with E-state index in [2.05, 4.69) is 31.5 Å². The lowest BCUT2D eigenvalue weighted by Gasteiger charge is -2.13. The molecule has 0 atom stereocenters. The second kappa shape index (κ2) is 7.38. The van der Waals surface area contributed by atoms with Gasteiger partial charge in [0.2, 0.25) is 5.91 Å². The maximum absolute atomic E-state index is 11.7. The smallest absolute Gasteiger partial charge is 0.224 e. The third kappa shape index (κ3) is 4.82. The summed E-state index contributed by atoms with van der Waals surface area (Å²) in [6.07, 6.45) is 3.61. The molecule has 0 aliphatic rings. The van der Waals surface area contributed by atoms with Gasteiger partial charge in [-0.15, -0.1) is 0 Å². The molecular formula is C14H21NOS. The molecule has 17 heavy (non-hydrogen) atoms. The summed E-state index contributed by atoms with van der Waals surface area (Å²) in [5.41, 5.74) is 2.15. The van der Waals surface area contributed by atoms with Crippen LogP contribution in [-0.4, -0.2) is 17.9 Å². The molecule has 2 nitrogen and oxygen atoms in total. The van der Waals surface area contributed by atoms with Gasteiger partial charge in [-0.05, 0) is 36.0 Å². The van der Waals surface area contributed by atoms with Crippen molar-refractivity contribution >= 4 is 23.4 Å². The van der Waals surface area contributed by atoms with E-state index in [0.29, 0.717) is 12.3 Å². The number of para-hydroxylation sites is 1. The average Bonchev–Trinajstić information content (AvgIpc) is 2.29. The Morgan fingerprint density at radius 1 is 1.35 bits per heavy atom. The average molecular weight is 251 g/mol. The second-order valence-corrected chi connectivity index (χ2v) is 5.37. The minimum atomic E-state index is 0.118. The molecule has 0 fully saturated rings. The van der Waals surface area contributed by atoms with Crippen molar-refractivity contribution in [2.75, 3.05) is 17.3 Å². The zero-order valence-corrected chi connectivity index (χ0v) is 11.6. The Labute approximate surface area is 108 Å². The Hall–Kier alpha value is -0.960. The number of rotatable bonds is 6. The van der Waals surface area contributed by atoms with Crippen LogP contribution < -0.4 is 5.32 Å². The van der Waals surface area contributed by atoms with Crippen LogP contribution >= 0.6 is 11.8 Å². The van der Waals surface area contributed by atoms with Crippen molar-refractivity contribution in [3.05, 3.63) is 29.8 Å². The van der Waals surface area contributed by atoms with Crippen LogP contribution in [0.2, 0.25) is 0 Å². The van der Waals surface area contributed by atoms with Gasteiger partial charge in [-0.25, -0.2) is 0 Å². The highest BCUT2D eigenvalue weighted by Gasteiger charge is 2.08. The summed E-state index contributed by atoms with van der Waals surface area (Å²) < 4.78 is 0. The quantitative estimate of drug-likeness (QED) is 0.777. The fraction of sp³-hybridized carbons (Fsp3) is 0.500. The van der Waals surface area contributed by atoms with E-state index < -0.39 is 0 Å². The highest BCUT2D eigenvalue weighted by Crippen LogP contribution is 2.23. The number of benzene rings is 1. The highest BCUT2D eigenvalue weighted by molar-refractivity contribution is 7.98. The van der Waals surface area contributed by atoms with Gasteiger partial charge in [-0.2, -0.15) is 11.8 Å². The molecule has 0 aromatic heterocycles. The van der Waals surface area contributed by atoms with Gasteiger partial charge in [-0.1, -0.05) is 32.0 Å². The monoisotopic (exact) mass is 251 g/mol. The van der Waals surface area contributed by atoms with Crippen LogP contribution in [0.1, 0.15) is 38.2 Å². The third-order valence-corrected chi connectivity index (χ3v) is 3.31. The molecule has 1 rings (SSSR count). The van der Waals surface area contributed by atoms with Crippen LogP contribution in [0.5, 0.6) is 0 Å². The van der Waals surface area contributed by atoms with Crippen molar-refractivity contribution in [3.63, 3.8) is 0 Å². The van der Waals surface area contributed by atoms with E-state index in [1.165, 1.54) is 5.56 Å². The highest BCUT2D eigenvalue weighted by atomic mass is 32.2. The lowest BCUT2D eigenvalue weighted by Crippen LogP contribution is -2.13. The second-order valence-electron chi connectivity index (χ2n) is 4.39. The van der Waals surface area contributed by atoms with Crippen LogP contribution in [0.25, 0.3) is 0 Å². The molecule has 1 N–H and O–H groups in total. The maximum atomic E-state index is 11.7. The molecule has 3 heteroatoms. The topological polar surface area (TPSA) is 29.1 Å². The zero-order chi connectivity index (χ0) is 12.7. The van der Waals surface area contributed by atoms with E-state index in [4.69, 9.17) is 0 Å². The summed E-state index contributed by atoms with van der Waals surface area (Å²) in [5, 5.41) is 3.00. The fourth-order valence-corrected chi connectivity index (χ4v) is 2.14. The third-order valence-electron chi connectivity index (χ3n) is 2.61. The molecule has 1 amide bonds. The number of thioether (sulfide) groups is 1. The van der Waals surface area contributed by atoms with Gasteiger partial charge in [0.15, 0.2) is 0 Å². The van der Waals surface area contributed by atoms with Crippen LogP contribution in [0.15, 0.2) is 24.3 Å². The number of carbonyl (C=O) groups excluding carboxylic acids is 1. The zero-order valence-electron chi connectivity index (χ0n) is 10.8. The predicted molar refractivity (Wildman–Crippen MR) is 76.8 cm³/mol. The van der Waals surface area contributed by atoms with E-state index in [1.54, 1.807) is 11.8 Å². The Morgan fingerprint density at radius 3 is 2.71 bits per heavy atom. The Balaban J connectivity index is 2.58. The van der Waals surface area contributed by atoms with Crippen LogP contribution in [0, 0.1) is 0 Å². The molecular weight excluding hydrogens is 230 g/mol. The number of anilines is 1. The van der Waals surface area contributed by atoms with E-state index in [9.17, 15) is 4.79 Å². The van der Waals surface area contributed by atoms with Gasteiger partial charge >= 0.3 is 0 Å². The Bertz CT molecular complexity index is 363. The molecule has 0 heterocycles. The molecule has 0 spiro atoms. The van der Waals surface area contributed by atoms with Gasteiger partial charge in [0.25, 0.3) is 0 Å². The molecule has 94 valence electrons. The number of hydrogen-bond donors (Lipinski definition) is 1. The Morgan fingerprint density at radius 2 is 2.06 bits per heavy atom. The molecule has 0 bridgehead atoms. The van der Waals surface area contributed by atoms with E-state index in [-0.39, 0.29) is 5.91 Å². The number of hydrogen-bond acceptors (Lipinski definition) is 2. The maximum Gasteiger partial charge on any atom is 0.224 e. The summed E-state index contributed by atoms with van der Waals surface area (Å²) in [7, 11) is 0. The molecule has 0 aliphatic carbocycles. The van der Waals surface area contributed by atoms with Gasteiger partial charge in [0, 0.05) is 12.1 Å². The van der Waals surface area contributed by atoms with Gasteiger partial charge < -0.3 is 5.32 Å². The van der Waals surface area contributed by atoms with Crippen molar-refractivity contribution in [2.45, 2.75) is 32.6 Å². The first kappa shape index (κ1) is 14.1. The first-order chi connectivity index (χ1) is 8.15. The lowest BCUT2D eigenvalue weighted by molar-refractivity contribution is -0.116. The fourth-order valence-electron chi connectivity index (χ4n) is 1.70. The SMILES string of the molecule is CSCCCC(=O)Nc1ccccc1C(C)C.